The minimum atomic E-state index is -0.279. The first kappa shape index (κ1) is 19.4. The highest BCUT2D eigenvalue weighted by molar-refractivity contribution is 5.92. The average molecular weight is 375 g/mol. The Morgan fingerprint density at radius 1 is 1.26 bits per heavy atom. The summed E-state index contributed by atoms with van der Waals surface area (Å²) >= 11 is 0. The largest absolute Gasteiger partial charge is 0.450 e. The van der Waals surface area contributed by atoms with Gasteiger partial charge in [-0.25, -0.2) is 14.8 Å². The normalized spacial score (nSPS) is 21.0. The smallest absolute Gasteiger partial charge is 0.409 e. The zero-order chi connectivity index (χ0) is 19.2. The van der Waals surface area contributed by atoms with Crippen LogP contribution in [0, 0.1) is 5.92 Å². The number of piperidine rings is 2. The summed E-state index contributed by atoms with van der Waals surface area (Å²) in [5.74, 6) is 1.06. The maximum atomic E-state index is 12.6. The first-order valence-electron chi connectivity index (χ1n) is 9.87. The molecule has 3 heterocycles. The highest BCUT2D eigenvalue weighted by Crippen LogP contribution is 2.20. The van der Waals surface area contributed by atoms with E-state index < -0.39 is 0 Å². The van der Waals surface area contributed by atoms with Crippen LogP contribution in [0.15, 0.2) is 12.3 Å². The number of carbonyl (C=O) groups is 2. The van der Waals surface area contributed by atoms with Gasteiger partial charge in [-0.15, -0.1) is 0 Å². The summed E-state index contributed by atoms with van der Waals surface area (Å²) in [5.41, 5.74) is 0.394. The van der Waals surface area contributed by atoms with E-state index in [9.17, 15) is 9.59 Å². The zero-order valence-electron chi connectivity index (χ0n) is 16.2. The second-order valence-corrected chi connectivity index (χ2v) is 7.37. The van der Waals surface area contributed by atoms with Crippen LogP contribution in [-0.4, -0.2) is 65.7 Å². The molecular formula is C19H29N5O3. The van der Waals surface area contributed by atoms with Gasteiger partial charge >= 0.3 is 6.09 Å². The second kappa shape index (κ2) is 9.01. The van der Waals surface area contributed by atoms with E-state index in [1.54, 1.807) is 24.1 Å². The Labute approximate surface area is 160 Å². The number of ether oxygens (including phenoxy) is 1. The molecule has 0 saturated carbocycles. The van der Waals surface area contributed by atoms with Gasteiger partial charge < -0.3 is 19.9 Å². The molecular weight excluding hydrogens is 346 g/mol. The van der Waals surface area contributed by atoms with Gasteiger partial charge in [0.2, 0.25) is 5.95 Å². The van der Waals surface area contributed by atoms with Gasteiger partial charge in [-0.2, -0.15) is 0 Å². The van der Waals surface area contributed by atoms with Crippen LogP contribution < -0.4 is 10.2 Å². The van der Waals surface area contributed by atoms with Crippen molar-refractivity contribution in [3.05, 3.63) is 18.0 Å². The topological polar surface area (TPSA) is 87.7 Å². The van der Waals surface area contributed by atoms with E-state index in [-0.39, 0.29) is 18.0 Å². The van der Waals surface area contributed by atoms with Crippen LogP contribution in [0.1, 0.15) is 50.0 Å². The molecule has 1 unspecified atom stereocenters. The van der Waals surface area contributed by atoms with E-state index in [1.165, 1.54) is 6.42 Å². The summed E-state index contributed by atoms with van der Waals surface area (Å²) in [6.45, 7) is 7.44. The molecule has 3 rings (SSSR count). The summed E-state index contributed by atoms with van der Waals surface area (Å²) in [6, 6.07) is 1.69. The van der Waals surface area contributed by atoms with Gasteiger partial charge in [0, 0.05) is 38.4 Å². The van der Waals surface area contributed by atoms with Crippen molar-refractivity contribution >= 4 is 17.9 Å². The molecule has 8 heteroatoms. The number of carbonyl (C=O) groups excluding carboxylic acids is 2. The van der Waals surface area contributed by atoms with Gasteiger partial charge in [-0.05, 0) is 44.6 Å². The maximum absolute atomic E-state index is 12.6. The first-order valence-corrected chi connectivity index (χ1v) is 9.87. The van der Waals surface area contributed by atoms with E-state index in [2.05, 4.69) is 27.1 Å². The Morgan fingerprint density at radius 3 is 2.74 bits per heavy atom. The number of anilines is 1. The fraction of sp³-hybridized carbons (Fsp3) is 0.684. The lowest BCUT2D eigenvalue weighted by Crippen LogP contribution is -2.46. The Bertz CT molecular complexity index is 661. The number of nitrogens with zero attached hydrogens (tertiary/aromatic N) is 4. The van der Waals surface area contributed by atoms with Crippen LogP contribution in [0.25, 0.3) is 0 Å². The van der Waals surface area contributed by atoms with Crippen LogP contribution in [0.3, 0.4) is 0 Å². The van der Waals surface area contributed by atoms with E-state index in [1.807, 2.05) is 0 Å². The quantitative estimate of drug-likeness (QED) is 0.867. The van der Waals surface area contributed by atoms with Gasteiger partial charge in [0.1, 0.15) is 5.69 Å². The molecule has 148 valence electrons. The predicted molar refractivity (Wildman–Crippen MR) is 102 cm³/mol. The number of amides is 2. The molecule has 0 aliphatic carbocycles. The standard InChI is InChI=1S/C19H29N5O3/c1-3-27-19(26)23-11-7-15(8-12-23)21-17(25)16-6-9-20-18(22-16)24-10-4-5-14(2)13-24/h6,9,14-15H,3-5,7-8,10-13H2,1-2H3,(H,21,25). The van der Waals surface area contributed by atoms with Crippen molar-refractivity contribution in [3.8, 4) is 0 Å². The van der Waals surface area contributed by atoms with Gasteiger partial charge in [0.15, 0.2) is 0 Å². The van der Waals surface area contributed by atoms with Gasteiger partial charge in [0.25, 0.3) is 5.91 Å². The van der Waals surface area contributed by atoms with Gasteiger partial charge in [-0.1, -0.05) is 6.92 Å². The lowest BCUT2D eigenvalue weighted by molar-refractivity contribution is 0.0856. The predicted octanol–water partition coefficient (Wildman–Crippen LogP) is 2.06. The summed E-state index contributed by atoms with van der Waals surface area (Å²) in [7, 11) is 0. The minimum absolute atomic E-state index is 0.0385. The highest BCUT2D eigenvalue weighted by Gasteiger charge is 2.25. The molecule has 8 nitrogen and oxygen atoms in total. The van der Waals surface area contributed by atoms with Crippen LogP contribution in [0.2, 0.25) is 0 Å². The molecule has 1 atom stereocenters. The Kier molecular flexibility index (Phi) is 6.47. The van der Waals surface area contributed by atoms with Gasteiger partial charge in [-0.3, -0.25) is 4.79 Å². The number of hydrogen-bond acceptors (Lipinski definition) is 6. The average Bonchev–Trinajstić information content (AvgIpc) is 2.69. The summed E-state index contributed by atoms with van der Waals surface area (Å²) in [5, 5.41) is 3.04. The molecule has 1 aromatic heterocycles. The van der Waals surface area contributed by atoms with E-state index in [0.29, 0.717) is 50.1 Å². The SMILES string of the molecule is CCOC(=O)N1CCC(NC(=O)c2ccnc(N3CCCC(C)C3)n2)CC1. The number of aromatic nitrogens is 2. The number of rotatable bonds is 4. The number of hydrogen-bond donors (Lipinski definition) is 1. The summed E-state index contributed by atoms with van der Waals surface area (Å²) in [4.78, 5) is 37.0. The lowest BCUT2D eigenvalue weighted by Gasteiger charge is -2.32. The monoisotopic (exact) mass is 375 g/mol. The first-order chi connectivity index (χ1) is 13.1. The number of likely N-dealkylation sites (tertiary alicyclic amines) is 1. The number of nitrogens with one attached hydrogen (secondary N) is 1. The van der Waals surface area contributed by atoms with Crippen LogP contribution >= 0.6 is 0 Å². The fourth-order valence-corrected chi connectivity index (χ4v) is 3.68. The summed E-state index contributed by atoms with van der Waals surface area (Å²) in [6.07, 6.45) is 5.15. The molecule has 2 saturated heterocycles. The third kappa shape index (κ3) is 5.08. The lowest BCUT2D eigenvalue weighted by atomic mass is 10.0. The molecule has 2 aliphatic rings. The van der Waals surface area contributed by atoms with Crippen LogP contribution in [-0.2, 0) is 4.74 Å². The molecule has 2 fully saturated rings. The van der Waals surface area contributed by atoms with Crippen molar-refractivity contribution in [1.82, 2.24) is 20.2 Å². The van der Waals surface area contributed by atoms with Crippen molar-refractivity contribution in [2.24, 2.45) is 5.92 Å². The van der Waals surface area contributed by atoms with Crippen LogP contribution in [0.5, 0.6) is 0 Å². The van der Waals surface area contributed by atoms with E-state index in [0.717, 1.165) is 19.5 Å². The molecule has 0 aromatic carbocycles. The summed E-state index contributed by atoms with van der Waals surface area (Å²) < 4.78 is 5.02. The molecule has 1 N–H and O–H groups in total. The van der Waals surface area contributed by atoms with Crippen molar-refractivity contribution in [3.63, 3.8) is 0 Å². The second-order valence-electron chi connectivity index (χ2n) is 7.37. The fourth-order valence-electron chi connectivity index (χ4n) is 3.68. The third-order valence-corrected chi connectivity index (χ3v) is 5.17. The van der Waals surface area contributed by atoms with E-state index in [4.69, 9.17) is 4.74 Å². The third-order valence-electron chi connectivity index (χ3n) is 5.17. The van der Waals surface area contributed by atoms with Crippen molar-refractivity contribution in [1.29, 1.82) is 0 Å². The van der Waals surface area contributed by atoms with Crippen molar-refractivity contribution < 1.29 is 14.3 Å². The molecule has 2 aliphatic heterocycles. The Morgan fingerprint density at radius 2 is 2.04 bits per heavy atom. The Balaban J connectivity index is 1.54. The van der Waals surface area contributed by atoms with Gasteiger partial charge in [0.05, 0.1) is 6.61 Å². The molecule has 2 amide bonds. The molecule has 1 aromatic rings. The van der Waals surface area contributed by atoms with E-state index >= 15 is 0 Å². The van der Waals surface area contributed by atoms with Crippen LogP contribution in [0.4, 0.5) is 10.7 Å². The molecule has 0 bridgehead atoms. The molecule has 0 spiro atoms. The van der Waals surface area contributed by atoms with Crippen molar-refractivity contribution in [2.45, 2.75) is 45.6 Å². The van der Waals surface area contributed by atoms with Crippen molar-refractivity contribution in [2.75, 3.05) is 37.7 Å². The highest BCUT2D eigenvalue weighted by atomic mass is 16.6. The minimum Gasteiger partial charge on any atom is -0.450 e. The molecule has 27 heavy (non-hydrogen) atoms. The Hall–Kier alpha value is -2.38. The molecule has 0 radical (unpaired) electrons. The zero-order valence-corrected chi connectivity index (χ0v) is 16.2. The maximum Gasteiger partial charge on any atom is 0.409 e.